The third-order valence-electron chi connectivity index (χ3n) is 3.37. The van der Waals surface area contributed by atoms with Gasteiger partial charge in [0.2, 0.25) is 0 Å². The second kappa shape index (κ2) is 4.56. The van der Waals surface area contributed by atoms with E-state index in [9.17, 15) is 4.79 Å². The minimum absolute atomic E-state index is 0.148. The number of carbonyl (C=O) groups is 1. The molecular formula is C13H15ClO2. The normalized spacial score (nSPS) is 17.9. The van der Waals surface area contributed by atoms with Gasteiger partial charge in [-0.25, -0.2) is 0 Å². The minimum Gasteiger partial charge on any atom is -0.370 e. The van der Waals surface area contributed by atoms with E-state index in [1.165, 1.54) is 0 Å². The lowest BCUT2D eigenvalue weighted by atomic mass is 9.75. The highest BCUT2D eigenvalue weighted by atomic mass is 35.5. The number of rotatable bonds is 4. The summed E-state index contributed by atoms with van der Waals surface area (Å²) in [6, 6.07) is 7.47. The number of benzene rings is 1. The highest BCUT2D eigenvalue weighted by Crippen LogP contribution is 2.37. The molecule has 1 aliphatic rings. The molecule has 1 fully saturated rings. The Hall–Kier alpha value is -0.860. The largest absolute Gasteiger partial charge is 0.370 e. The predicted molar refractivity (Wildman–Crippen MR) is 63.8 cm³/mol. The average molecular weight is 239 g/mol. The van der Waals surface area contributed by atoms with Gasteiger partial charge < -0.3 is 4.74 Å². The second-order valence-electron chi connectivity index (χ2n) is 4.24. The van der Waals surface area contributed by atoms with Crippen LogP contribution in [0.3, 0.4) is 0 Å². The Balaban J connectivity index is 2.10. The lowest BCUT2D eigenvalue weighted by Crippen LogP contribution is -2.47. The number of carbonyl (C=O) groups excluding carboxylic acids is 1. The fraction of sp³-hybridized carbons (Fsp3) is 0.462. The van der Waals surface area contributed by atoms with Gasteiger partial charge in [-0.2, -0.15) is 0 Å². The number of ketones is 1. The van der Waals surface area contributed by atoms with Crippen LogP contribution < -0.4 is 0 Å². The Morgan fingerprint density at radius 2 is 2.12 bits per heavy atom. The van der Waals surface area contributed by atoms with Crippen molar-refractivity contribution in [3.8, 4) is 0 Å². The number of Topliss-reactive ketones (excluding diaryl/α,β-unsaturated/α-hetero) is 1. The van der Waals surface area contributed by atoms with Crippen LogP contribution in [0.15, 0.2) is 24.3 Å². The molecule has 1 saturated carbocycles. The molecule has 0 radical (unpaired) electrons. The fourth-order valence-corrected chi connectivity index (χ4v) is 2.27. The molecule has 0 N–H and O–H groups in total. The maximum absolute atomic E-state index is 12.1. The molecule has 0 aromatic heterocycles. The van der Waals surface area contributed by atoms with Gasteiger partial charge in [-0.15, -0.1) is 0 Å². The van der Waals surface area contributed by atoms with Crippen LogP contribution >= 0.6 is 11.6 Å². The van der Waals surface area contributed by atoms with Crippen molar-refractivity contribution in [2.75, 3.05) is 7.11 Å². The summed E-state index contributed by atoms with van der Waals surface area (Å²) in [4.78, 5) is 12.1. The molecule has 1 aromatic rings. The highest BCUT2D eigenvalue weighted by molar-refractivity contribution is 6.31. The third-order valence-corrected chi connectivity index (χ3v) is 3.74. The monoisotopic (exact) mass is 238 g/mol. The van der Waals surface area contributed by atoms with Gasteiger partial charge in [0, 0.05) is 18.6 Å². The van der Waals surface area contributed by atoms with Gasteiger partial charge in [0.05, 0.1) is 0 Å². The topological polar surface area (TPSA) is 26.3 Å². The highest BCUT2D eigenvalue weighted by Gasteiger charge is 2.43. The summed E-state index contributed by atoms with van der Waals surface area (Å²) < 4.78 is 5.36. The molecule has 1 aliphatic carbocycles. The van der Waals surface area contributed by atoms with Crippen LogP contribution in [0.4, 0.5) is 0 Å². The Kier molecular flexibility index (Phi) is 3.31. The standard InChI is InChI=1S/C13H15ClO2/c1-16-13(7-4-8-13)12(15)9-10-5-2-3-6-11(10)14/h2-3,5-6H,4,7-9H2,1H3. The summed E-state index contributed by atoms with van der Waals surface area (Å²) in [6.07, 6.45) is 3.12. The maximum Gasteiger partial charge on any atom is 0.169 e. The van der Waals surface area contributed by atoms with E-state index in [0.29, 0.717) is 11.4 Å². The zero-order valence-electron chi connectivity index (χ0n) is 9.33. The van der Waals surface area contributed by atoms with Gasteiger partial charge in [0.1, 0.15) is 5.60 Å². The van der Waals surface area contributed by atoms with Crippen molar-refractivity contribution in [2.24, 2.45) is 0 Å². The van der Waals surface area contributed by atoms with Crippen molar-refractivity contribution in [3.63, 3.8) is 0 Å². The van der Waals surface area contributed by atoms with Gasteiger partial charge in [0.25, 0.3) is 0 Å². The van der Waals surface area contributed by atoms with E-state index in [1.807, 2.05) is 24.3 Å². The van der Waals surface area contributed by atoms with Gasteiger partial charge in [0.15, 0.2) is 5.78 Å². The van der Waals surface area contributed by atoms with E-state index in [4.69, 9.17) is 16.3 Å². The van der Waals surface area contributed by atoms with Crippen LogP contribution in [-0.4, -0.2) is 18.5 Å². The zero-order chi connectivity index (χ0) is 11.6. The number of ether oxygens (including phenoxy) is 1. The van der Waals surface area contributed by atoms with Crippen LogP contribution in [0.2, 0.25) is 5.02 Å². The first kappa shape index (κ1) is 11.6. The lowest BCUT2D eigenvalue weighted by molar-refractivity contribution is -0.151. The van der Waals surface area contributed by atoms with Gasteiger partial charge in [-0.3, -0.25) is 4.79 Å². The summed E-state index contributed by atoms with van der Waals surface area (Å²) in [5, 5.41) is 0.654. The maximum atomic E-state index is 12.1. The predicted octanol–water partition coefficient (Wildman–Crippen LogP) is 3.02. The van der Waals surface area contributed by atoms with E-state index in [0.717, 1.165) is 24.8 Å². The van der Waals surface area contributed by atoms with Crippen LogP contribution in [0.25, 0.3) is 0 Å². The number of hydrogen-bond acceptors (Lipinski definition) is 2. The van der Waals surface area contributed by atoms with Gasteiger partial charge >= 0.3 is 0 Å². The molecule has 0 aliphatic heterocycles. The van der Waals surface area contributed by atoms with Crippen LogP contribution in [-0.2, 0) is 16.0 Å². The first-order chi connectivity index (χ1) is 7.68. The minimum atomic E-state index is -0.529. The molecule has 2 nitrogen and oxygen atoms in total. The number of hydrogen-bond donors (Lipinski definition) is 0. The molecule has 0 saturated heterocycles. The molecule has 3 heteroatoms. The van der Waals surface area contributed by atoms with E-state index in [1.54, 1.807) is 7.11 Å². The first-order valence-electron chi connectivity index (χ1n) is 5.50. The molecule has 1 aromatic carbocycles. The lowest BCUT2D eigenvalue weighted by Gasteiger charge is -2.38. The van der Waals surface area contributed by atoms with Crippen molar-refractivity contribution in [3.05, 3.63) is 34.9 Å². The average Bonchev–Trinajstić information content (AvgIpc) is 2.21. The van der Waals surface area contributed by atoms with Crippen molar-refractivity contribution >= 4 is 17.4 Å². The fourth-order valence-electron chi connectivity index (χ4n) is 2.07. The molecule has 16 heavy (non-hydrogen) atoms. The molecule has 0 atom stereocenters. The molecule has 0 heterocycles. The van der Waals surface area contributed by atoms with Crippen molar-refractivity contribution in [1.29, 1.82) is 0 Å². The van der Waals surface area contributed by atoms with Crippen LogP contribution in [0.1, 0.15) is 24.8 Å². The number of methoxy groups -OCH3 is 1. The van der Waals surface area contributed by atoms with E-state index < -0.39 is 5.60 Å². The van der Waals surface area contributed by atoms with E-state index in [-0.39, 0.29) is 5.78 Å². The number of halogens is 1. The van der Waals surface area contributed by atoms with E-state index in [2.05, 4.69) is 0 Å². The Morgan fingerprint density at radius 3 is 2.62 bits per heavy atom. The first-order valence-corrected chi connectivity index (χ1v) is 5.88. The molecular weight excluding hydrogens is 224 g/mol. The summed E-state index contributed by atoms with van der Waals surface area (Å²) in [6.45, 7) is 0. The van der Waals surface area contributed by atoms with Crippen molar-refractivity contribution < 1.29 is 9.53 Å². The van der Waals surface area contributed by atoms with Crippen molar-refractivity contribution in [2.45, 2.75) is 31.3 Å². The quantitative estimate of drug-likeness (QED) is 0.806. The Bertz CT molecular complexity index is 391. The molecule has 0 bridgehead atoms. The van der Waals surface area contributed by atoms with Crippen molar-refractivity contribution in [1.82, 2.24) is 0 Å². The molecule has 2 rings (SSSR count). The third kappa shape index (κ3) is 2.00. The molecule has 0 unspecified atom stereocenters. The summed E-state index contributed by atoms with van der Waals surface area (Å²) in [5.41, 5.74) is 0.358. The van der Waals surface area contributed by atoms with Crippen LogP contribution in [0, 0.1) is 0 Å². The Labute approximate surface area is 101 Å². The smallest absolute Gasteiger partial charge is 0.169 e. The van der Waals surface area contributed by atoms with Gasteiger partial charge in [-0.05, 0) is 30.9 Å². The zero-order valence-corrected chi connectivity index (χ0v) is 10.1. The second-order valence-corrected chi connectivity index (χ2v) is 4.65. The summed E-state index contributed by atoms with van der Waals surface area (Å²) in [7, 11) is 1.61. The van der Waals surface area contributed by atoms with Crippen LogP contribution in [0.5, 0.6) is 0 Å². The summed E-state index contributed by atoms with van der Waals surface area (Å²) in [5.74, 6) is 0.148. The molecule has 86 valence electrons. The SMILES string of the molecule is COC1(C(=O)Cc2ccccc2Cl)CCC1. The van der Waals surface area contributed by atoms with E-state index >= 15 is 0 Å². The van der Waals surface area contributed by atoms with Gasteiger partial charge in [-0.1, -0.05) is 29.8 Å². The molecule has 0 amide bonds. The summed E-state index contributed by atoms with van der Waals surface area (Å²) >= 11 is 6.03. The Morgan fingerprint density at radius 1 is 1.44 bits per heavy atom. The molecule has 0 spiro atoms.